The monoisotopic (exact) mass is 247 g/mol. The Labute approximate surface area is 106 Å². The van der Waals surface area contributed by atoms with Crippen molar-refractivity contribution in [1.29, 1.82) is 0 Å². The summed E-state index contributed by atoms with van der Waals surface area (Å²) >= 11 is 0. The molecule has 96 valence electrons. The van der Waals surface area contributed by atoms with Gasteiger partial charge in [0.25, 0.3) is 5.91 Å². The van der Waals surface area contributed by atoms with Crippen LogP contribution in [0.2, 0.25) is 0 Å². The van der Waals surface area contributed by atoms with Crippen molar-refractivity contribution in [3.05, 3.63) is 35.4 Å². The fraction of sp³-hybridized carbons (Fsp3) is 0.429. The second-order valence-electron chi connectivity index (χ2n) is 4.62. The summed E-state index contributed by atoms with van der Waals surface area (Å²) in [6.07, 6.45) is 3.04. The third-order valence-electron chi connectivity index (χ3n) is 3.07. The molecule has 0 unspecified atom stereocenters. The van der Waals surface area contributed by atoms with Gasteiger partial charge < -0.3 is 10.0 Å². The standard InChI is InChI=1S/C14H17NO3/c1-2-8-15(12-6-7-12)13(16)10-4-3-5-11(9-10)14(17)18/h3-5,9,12H,2,6-8H2,1H3,(H,17,18). The van der Waals surface area contributed by atoms with E-state index in [-0.39, 0.29) is 11.5 Å². The largest absolute Gasteiger partial charge is 0.478 e. The molecule has 1 N–H and O–H groups in total. The van der Waals surface area contributed by atoms with E-state index in [1.165, 1.54) is 12.1 Å². The molecule has 1 aromatic rings. The molecule has 1 fully saturated rings. The number of carboxylic acids is 1. The summed E-state index contributed by atoms with van der Waals surface area (Å²) in [5.41, 5.74) is 0.628. The summed E-state index contributed by atoms with van der Waals surface area (Å²) < 4.78 is 0. The van der Waals surface area contributed by atoms with Crippen LogP contribution < -0.4 is 0 Å². The SMILES string of the molecule is CCCN(C(=O)c1cccc(C(=O)O)c1)C1CC1. The molecule has 1 amide bonds. The number of aromatic carboxylic acids is 1. The maximum absolute atomic E-state index is 12.3. The van der Waals surface area contributed by atoms with Crippen LogP contribution in [0.5, 0.6) is 0 Å². The third-order valence-corrected chi connectivity index (χ3v) is 3.07. The highest BCUT2D eigenvalue weighted by Crippen LogP contribution is 2.28. The lowest BCUT2D eigenvalue weighted by Crippen LogP contribution is -2.33. The molecule has 0 aromatic heterocycles. The first kappa shape index (κ1) is 12.6. The average molecular weight is 247 g/mol. The fourth-order valence-electron chi connectivity index (χ4n) is 2.03. The van der Waals surface area contributed by atoms with E-state index in [0.29, 0.717) is 11.6 Å². The number of rotatable bonds is 5. The summed E-state index contributed by atoms with van der Waals surface area (Å²) in [6.45, 7) is 2.77. The third kappa shape index (κ3) is 2.70. The Balaban J connectivity index is 2.21. The van der Waals surface area contributed by atoms with Crippen LogP contribution in [0.1, 0.15) is 46.9 Å². The Morgan fingerprint density at radius 1 is 1.33 bits per heavy atom. The molecule has 4 nitrogen and oxygen atoms in total. The number of benzene rings is 1. The van der Waals surface area contributed by atoms with Crippen LogP contribution in [0.15, 0.2) is 24.3 Å². The van der Waals surface area contributed by atoms with Gasteiger partial charge in [0.05, 0.1) is 5.56 Å². The zero-order valence-corrected chi connectivity index (χ0v) is 10.4. The van der Waals surface area contributed by atoms with Gasteiger partial charge in [0, 0.05) is 18.2 Å². The van der Waals surface area contributed by atoms with E-state index in [1.54, 1.807) is 12.1 Å². The minimum absolute atomic E-state index is 0.0533. The van der Waals surface area contributed by atoms with Gasteiger partial charge >= 0.3 is 5.97 Å². The molecule has 1 aromatic carbocycles. The first-order chi connectivity index (χ1) is 8.63. The van der Waals surface area contributed by atoms with Gasteiger partial charge in [-0.2, -0.15) is 0 Å². The fourth-order valence-corrected chi connectivity index (χ4v) is 2.03. The molecular formula is C14H17NO3. The highest BCUT2D eigenvalue weighted by Gasteiger charge is 2.32. The van der Waals surface area contributed by atoms with Crippen molar-refractivity contribution >= 4 is 11.9 Å². The Hall–Kier alpha value is -1.84. The number of nitrogens with zero attached hydrogens (tertiary/aromatic N) is 1. The van der Waals surface area contributed by atoms with Gasteiger partial charge in [0.15, 0.2) is 0 Å². The van der Waals surface area contributed by atoms with E-state index in [0.717, 1.165) is 25.8 Å². The molecule has 0 bridgehead atoms. The maximum atomic E-state index is 12.3. The van der Waals surface area contributed by atoms with Crippen molar-refractivity contribution in [3.8, 4) is 0 Å². The van der Waals surface area contributed by atoms with Crippen molar-refractivity contribution in [3.63, 3.8) is 0 Å². The molecule has 1 saturated carbocycles. The van der Waals surface area contributed by atoms with Crippen molar-refractivity contribution in [1.82, 2.24) is 4.90 Å². The average Bonchev–Trinajstić information content (AvgIpc) is 3.19. The number of hydrogen-bond donors (Lipinski definition) is 1. The minimum Gasteiger partial charge on any atom is -0.478 e. The highest BCUT2D eigenvalue weighted by atomic mass is 16.4. The molecule has 0 heterocycles. The van der Waals surface area contributed by atoms with Gasteiger partial charge in [-0.05, 0) is 37.5 Å². The van der Waals surface area contributed by atoms with E-state index in [2.05, 4.69) is 0 Å². The van der Waals surface area contributed by atoms with Crippen LogP contribution in [-0.2, 0) is 0 Å². The second-order valence-corrected chi connectivity index (χ2v) is 4.62. The summed E-state index contributed by atoms with van der Waals surface area (Å²) in [4.78, 5) is 25.1. The smallest absolute Gasteiger partial charge is 0.335 e. The van der Waals surface area contributed by atoms with Gasteiger partial charge in [-0.25, -0.2) is 4.79 Å². The van der Waals surface area contributed by atoms with E-state index in [9.17, 15) is 9.59 Å². The molecule has 1 aliphatic rings. The Bertz CT molecular complexity index is 466. The molecule has 18 heavy (non-hydrogen) atoms. The molecular weight excluding hydrogens is 230 g/mol. The normalized spacial score (nSPS) is 14.3. The lowest BCUT2D eigenvalue weighted by Gasteiger charge is -2.21. The predicted molar refractivity (Wildman–Crippen MR) is 67.8 cm³/mol. The first-order valence-corrected chi connectivity index (χ1v) is 6.27. The van der Waals surface area contributed by atoms with E-state index < -0.39 is 5.97 Å². The lowest BCUT2D eigenvalue weighted by molar-refractivity contribution is 0.0697. The zero-order valence-electron chi connectivity index (χ0n) is 10.4. The lowest BCUT2D eigenvalue weighted by atomic mass is 10.1. The Kier molecular flexibility index (Phi) is 3.65. The van der Waals surface area contributed by atoms with Crippen LogP contribution >= 0.6 is 0 Å². The Morgan fingerprint density at radius 2 is 2.00 bits per heavy atom. The van der Waals surface area contributed by atoms with Crippen molar-refractivity contribution in [2.75, 3.05) is 6.54 Å². The van der Waals surface area contributed by atoms with Crippen LogP contribution in [0, 0.1) is 0 Å². The van der Waals surface area contributed by atoms with Crippen LogP contribution in [0.25, 0.3) is 0 Å². The second kappa shape index (κ2) is 5.21. The zero-order chi connectivity index (χ0) is 13.1. The quantitative estimate of drug-likeness (QED) is 0.869. The highest BCUT2D eigenvalue weighted by molar-refractivity contribution is 5.97. The van der Waals surface area contributed by atoms with E-state index in [4.69, 9.17) is 5.11 Å². The maximum Gasteiger partial charge on any atom is 0.335 e. The molecule has 0 aliphatic heterocycles. The van der Waals surface area contributed by atoms with E-state index in [1.807, 2.05) is 11.8 Å². The summed E-state index contributed by atoms with van der Waals surface area (Å²) in [5, 5.41) is 8.93. The van der Waals surface area contributed by atoms with Crippen molar-refractivity contribution in [2.24, 2.45) is 0 Å². The van der Waals surface area contributed by atoms with Crippen LogP contribution in [0.4, 0.5) is 0 Å². The number of carbonyl (C=O) groups excluding carboxylic acids is 1. The van der Waals surface area contributed by atoms with Crippen molar-refractivity contribution < 1.29 is 14.7 Å². The van der Waals surface area contributed by atoms with Gasteiger partial charge in [-0.3, -0.25) is 4.79 Å². The number of hydrogen-bond acceptors (Lipinski definition) is 2. The molecule has 4 heteroatoms. The van der Waals surface area contributed by atoms with Gasteiger partial charge in [0.2, 0.25) is 0 Å². The first-order valence-electron chi connectivity index (χ1n) is 6.27. The number of amides is 1. The van der Waals surface area contributed by atoms with Crippen LogP contribution in [0.3, 0.4) is 0 Å². The van der Waals surface area contributed by atoms with E-state index >= 15 is 0 Å². The van der Waals surface area contributed by atoms with Crippen molar-refractivity contribution in [2.45, 2.75) is 32.2 Å². The molecule has 0 atom stereocenters. The molecule has 2 rings (SSSR count). The Morgan fingerprint density at radius 3 is 2.56 bits per heavy atom. The van der Waals surface area contributed by atoms with Crippen LogP contribution in [-0.4, -0.2) is 34.5 Å². The summed E-state index contributed by atoms with van der Waals surface area (Å²) in [7, 11) is 0. The number of carbonyl (C=O) groups is 2. The van der Waals surface area contributed by atoms with Gasteiger partial charge in [-0.15, -0.1) is 0 Å². The number of carboxylic acid groups (broad SMARTS) is 1. The predicted octanol–water partition coefficient (Wildman–Crippen LogP) is 2.40. The van der Waals surface area contributed by atoms with Gasteiger partial charge in [-0.1, -0.05) is 13.0 Å². The molecule has 0 saturated heterocycles. The molecule has 0 radical (unpaired) electrons. The molecule has 1 aliphatic carbocycles. The van der Waals surface area contributed by atoms with Gasteiger partial charge in [0.1, 0.15) is 0 Å². The summed E-state index contributed by atoms with van der Waals surface area (Å²) in [6, 6.07) is 6.61. The minimum atomic E-state index is -1.00. The summed E-state index contributed by atoms with van der Waals surface area (Å²) in [5.74, 6) is -1.06. The molecule has 0 spiro atoms. The topological polar surface area (TPSA) is 57.6 Å².